The molecule has 0 radical (unpaired) electrons. The number of esters is 1. The lowest BCUT2D eigenvalue weighted by molar-refractivity contribution is 0.0733. The minimum atomic E-state index is -0.518. The van der Waals surface area contributed by atoms with Crippen molar-refractivity contribution in [2.45, 2.75) is 6.92 Å². The van der Waals surface area contributed by atoms with Crippen LogP contribution in [-0.2, 0) is 0 Å². The third kappa shape index (κ3) is 6.07. The summed E-state index contributed by atoms with van der Waals surface area (Å²) < 4.78 is 7.84. The molecule has 4 aromatic carbocycles. The van der Waals surface area contributed by atoms with Crippen LogP contribution in [0.15, 0.2) is 97.4 Å². The fraction of sp³-hybridized carbons (Fsp3) is 0.0333. The van der Waals surface area contributed by atoms with Gasteiger partial charge in [-0.2, -0.15) is 5.10 Å². The van der Waals surface area contributed by atoms with Crippen molar-refractivity contribution in [2.24, 2.45) is 5.10 Å². The Bertz CT molecular complexity index is 1800. The zero-order valence-electron chi connectivity index (χ0n) is 20.8. The van der Waals surface area contributed by atoms with E-state index in [2.05, 4.69) is 63.3 Å². The third-order valence-electron chi connectivity index (χ3n) is 6.02. The molecular weight excluding hydrogens is 726 g/mol. The van der Waals surface area contributed by atoms with Gasteiger partial charge in [-0.15, -0.1) is 0 Å². The van der Waals surface area contributed by atoms with E-state index in [1.807, 2.05) is 55.5 Å². The van der Waals surface area contributed by atoms with E-state index < -0.39 is 11.9 Å². The summed E-state index contributed by atoms with van der Waals surface area (Å²) in [6.07, 6.45) is 1.42. The predicted molar refractivity (Wildman–Crippen MR) is 169 cm³/mol. The van der Waals surface area contributed by atoms with Gasteiger partial charge in [-0.3, -0.25) is 4.79 Å². The molecule has 0 aliphatic rings. The van der Waals surface area contributed by atoms with Crippen molar-refractivity contribution in [2.75, 3.05) is 0 Å². The number of hydrogen-bond acceptors (Lipinski definition) is 4. The molecule has 5 rings (SSSR count). The number of amides is 1. The Morgan fingerprint density at radius 2 is 1.70 bits per heavy atom. The number of rotatable bonds is 6. The fourth-order valence-electron chi connectivity index (χ4n) is 4.12. The van der Waals surface area contributed by atoms with Gasteiger partial charge in [-0.25, -0.2) is 10.2 Å². The molecule has 10 heteroatoms. The number of fused-ring (bicyclic) bond motifs is 1. The second kappa shape index (κ2) is 12.1. The molecular formula is C30H19Br3ClN3O3. The molecule has 0 aliphatic heterocycles. The number of benzene rings is 4. The Labute approximate surface area is 260 Å². The second-order valence-electron chi connectivity index (χ2n) is 8.81. The quantitative estimate of drug-likeness (QED) is 0.0788. The maximum atomic E-state index is 13.4. The number of ether oxygens (including phenoxy) is 1. The van der Waals surface area contributed by atoms with Gasteiger partial charge in [0.25, 0.3) is 5.91 Å². The molecule has 1 amide bonds. The summed E-state index contributed by atoms with van der Waals surface area (Å²) in [5, 5.41) is 5.52. The smallest absolute Gasteiger partial charge is 0.343 e. The van der Waals surface area contributed by atoms with Crippen molar-refractivity contribution in [1.82, 2.24) is 10.4 Å². The Morgan fingerprint density at radius 1 is 0.950 bits per heavy atom. The van der Waals surface area contributed by atoms with Crippen molar-refractivity contribution in [3.63, 3.8) is 0 Å². The van der Waals surface area contributed by atoms with Crippen molar-refractivity contribution < 1.29 is 14.3 Å². The number of nitrogens with one attached hydrogen (secondary N) is 2. The minimum absolute atomic E-state index is 0.263. The Hall–Kier alpha value is -3.24. The molecule has 0 bridgehead atoms. The van der Waals surface area contributed by atoms with Gasteiger partial charge in [-0.1, -0.05) is 79.4 Å². The first-order valence-electron chi connectivity index (χ1n) is 11.9. The molecule has 0 unspecified atom stereocenters. The van der Waals surface area contributed by atoms with E-state index in [0.29, 0.717) is 37.4 Å². The van der Waals surface area contributed by atoms with Gasteiger partial charge >= 0.3 is 5.97 Å². The summed E-state index contributed by atoms with van der Waals surface area (Å²) in [7, 11) is 0. The van der Waals surface area contributed by atoms with E-state index in [-0.39, 0.29) is 5.75 Å². The zero-order valence-corrected chi connectivity index (χ0v) is 26.3. The zero-order chi connectivity index (χ0) is 28.4. The van der Waals surface area contributed by atoms with Gasteiger partial charge in [0.2, 0.25) is 0 Å². The second-order valence-corrected chi connectivity index (χ2v) is 11.9. The molecule has 0 atom stereocenters. The molecule has 0 saturated heterocycles. The number of aromatic nitrogens is 1. The highest BCUT2D eigenvalue weighted by Gasteiger charge is 2.21. The number of hydrazone groups is 1. The van der Waals surface area contributed by atoms with E-state index in [1.165, 1.54) is 6.21 Å². The van der Waals surface area contributed by atoms with Crippen LogP contribution >= 0.6 is 59.4 Å². The highest BCUT2D eigenvalue weighted by Crippen LogP contribution is 2.38. The van der Waals surface area contributed by atoms with Crippen LogP contribution < -0.4 is 10.2 Å². The molecule has 1 aromatic heterocycles. The van der Waals surface area contributed by atoms with E-state index in [0.717, 1.165) is 25.4 Å². The summed E-state index contributed by atoms with van der Waals surface area (Å²) in [6.45, 7) is 1.94. The third-order valence-corrected chi connectivity index (χ3v) is 7.89. The van der Waals surface area contributed by atoms with Crippen molar-refractivity contribution >= 4 is 88.4 Å². The number of halogens is 4. The van der Waals surface area contributed by atoms with Crippen LogP contribution in [0, 0.1) is 6.92 Å². The lowest BCUT2D eigenvalue weighted by Gasteiger charge is -2.11. The molecule has 2 N–H and O–H groups in total. The minimum Gasteiger partial charge on any atom is -0.421 e. The number of nitrogens with zero attached hydrogens (tertiary/aromatic N) is 1. The molecule has 0 fully saturated rings. The monoisotopic (exact) mass is 741 g/mol. The highest BCUT2D eigenvalue weighted by molar-refractivity contribution is 9.11. The number of aryl methyl sites for hydroxylation is 1. The lowest BCUT2D eigenvalue weighted by atomic mass is 10.0. The number of carbonyl (C=O) groups excluding carboxylic acids is 2. The average molecular weight is 745 g/mol. The SMILES string of the molecule is Cc1ccc(C(=O)Oc2c(Br)cc(Br)cc2C=NNC(=O)c2[nH]c3ccc(Br)cc3c2-c2ccccc2Cl)cc1. The van der Waals surface area contributed by atoms with Crippen LogP contribution in [0.25, 0.3) is 22.0 Å². The molecule has 200 valence electrons. The molecule has 0 saturated carbocycles. The van der Waals surface area contributed by atoms with Crippen LogP contribution in [0.2, 0.25) is 5.02 Å². The van der Waals surface area contributed by atoms with E-state index in [1.54, 1.807) is 30.3 Å². The maximum absolute atomic E-state index is 13.4. The van der Waals surface area contributed by atoms with Crippen LogP contribution in [0.4, 0.5) is 0 Å². The molecule has 1 heterocycles. The maximum Gasteiger partial charge on any atom is 0.343 e. The van der Waals surface area contributed by atoms with Gasteiger partial charge in [0, 0.05) is 41.6 Å². The standard InChI is InChI=1S/C30H19Br3ClN3O3/c1-16-6-8-17(9-7-16)30(39)40-28-18(12-20(32)14-23(28)33)15-35-37-29(38)27-26(21-4-2-3-5-24(21)34)22-13-19(31)10-11-25(22)36-27/h2-15,36H,1H3,(H,37,38). The number of H-pyrrole nitrogens is 1. The van der Waals surface area contributed by atoms with Crippen LogP contribution in [0.5, 0.6) is 5.75 Å². The van der Waals surface area contributed by atoms with Gasteiger partial charge in [0.1, 0.15) is 5.69 Å². The number of aromatic amines is 1. The number of carbonyl (C=O) groups is 2. The van der Waals surface area contributed by atoms with Crippen LogP contribution in [0.1, 0.15) is 32.0 Å². The predicted octanol–water partition coefficient (Wildman–Crippen LogP) is 9.07. The van der Waals surface area contributed by atoms with Gasteiger partial charge in [0.15, 0.2) is 5.75 Å². The molecule has 5 aromatic rings. The van der Waals surface area contributed by atoms with Gasteiger partial charge in [-0.05, 0) is 71.4 Å². The molecule has 6 nitrogen and oxygen atoms in total. The summed E-state index contributed by atoms with van der Waals surface area (Å²) in [5.41, 5.74) is 6.94. The Kier molecular flexibility index (Phi) is 8.56. The first-order chi connectivity index (χ1) is 19.2. The first kappa shape index (κ1) is 28.3. The van der Waals surface area contributed by atoms with E-state index in [4.69, 9.17) is 16.3 Å². The molecule has 40 heavy (non-hydrogen) atoms. The topological polar surface area (TPSA) is 83.5 Å². The van der Waals surface area contributed by atoms with Crippen LogP contribution in [-0.4, -0.2) is 23.1 Å². The van der Waals surface area contributed by atoms with Crippen molar-refractivity contribution in [3.05, 3.63) is 120 Å². The lowest BCUT2D eigenvalue weighted by Crippen LogP contribution is -2.19. The summed E-state index contributed by atoms with van der Waals surface area (Å²) in [6, 6.07) is 23.6. The van der Waals surface area contributed by atoms with Gasteiger partial charge in [0.05, 0.1) is 16.3 Å². The van der Waals surface area contributed by atoms with E-state index >= 15 is 0 Å². The Balaban J connectivity index is 1.45. The van der Waals surface area contributed by atoms with Crippen LogP contribution in [0.3, 0.4) is 0 Å². The normalized spacial score (nSPS) is 11.2. The summed E-state index contributed by atoms with van der Waals surface area (Å²) in [4.78, 5) is 29.4. The van der Waals surface area contributed by atoms with E-state index in [9.17, 15) is 9.59 Å². The largest absolute Gasteiger partial charge is 0.421 e. The van der Waals surface area contributed by atoms with Crippen molar-refractivity contribution in [3.8, 4) is 16.9 Å². The van der Waals surface area contributed by atoms with Gasteiger partial charge < -0.3 is 9.72 Å². The molecule has 0 spiro atoms. The van der Waals surface area contributed by atoms with Crippen molar-refractivity contribution in [1.29, 1.82) is 0 Å². The summed E-state index contributed by atoms with van der Waals surface area (Å²) >= 11 is 16.9. The first-order valence-corrected chi connectivity index (χ1v) is 14.6. The highest BCUT2D eigenvalue weighted by atomic mass is 79.9. The molecule has 0 aliphatic carbocycles. The average Bonchev–Trinajstić information content (AvgIpc) is 3.29. The summed E-state index contributed by atoms with van der Waals surface area (Å²) in [5.74, 6) is -0.722. The Morgan fingerprint density at radius 3 is 2.45 bits per heavy atom. The number of hydrogen-bond donors (Lipinski definition) is 2. The fourth-order valence-corrected chi connectivity index (χ4v) is 6.05.